The maximum Gasteiger partial charge on any atom is 0.335 e. The first-order valence-electron chi connectivity index (χ1n) is 7.88. The van der Waals surface area contributed by atoms with E-state index in [2.05, 4.69) is 9.82 Å². The number of nitrogens with one attached hydrogen (secondary N) is 1. The van der Waals surface area contributed by atoms with Gasteiger partial charge in [0, 0.05) is 19.3 Å². The van der Waals surface area contributed by atoms with Gasteiger partial charge in [0.1, 0.15) is 0 Å². The highest BCUT2D eigenvalue weighted by Gasteiger charge is 2.21. The molecule has 1 aromatic carbocycles. The molecule has 0 aliphatic carbocycles. The number of nitrogens with zero attached hydrogens (tertiary/aromatic N) is 2. The first-order valence-corrected chi connectivity index (χ1v) is 9.36. The number of hydrogen-bond donors (Lipinski definition) is 2. The summed E-state index contributed by atoms with van der Waals surface area (Å²) in [6, 6.07) is 2.67. The molecule has 7 nitrogen and oxygen atoms in total. The fourth-order valence-electron chi connectivity index (χ4n) is 2.80. The summed E-state index contributed by atoms with van der Waals surface area (Å²) in [7, 11) is -1.95. The van der Waals surface area contributed by atoms with Crippen LogP contribution in [0.5, 0.6) is 0 Å². The van der Waals surface area contributed by atoms with Crippen LogP contribution in [0.2, 0.25) is 0 Å². The molecule has 1 heterocycles. The van der Waals surface area contributed by atoms with Crippen molar-refractivity contribution in [3.63, 3.8) is 0 Å². The maximum atomic E-state index is 12.6. The van der Waals surface area contributed by atoms with Gasteiger partial charge in [0.15, 0.2) is 0 Å². The minimum Gasteiger partial charge on any atom is -0.478 e. The van der Waals surface area contributed by atoms with Crippen LogP contribution in [-0.4, -0.2) is 35.8 Å². The summed E-state index contributed by atoms with van der Waals surface area (Å²) < 4.78 is 29.6. The molecule has 25 heavy (non-hydrogen) atoms. The van der Waals surface area contributed by atoms with Crippen molar-refractivity contribution in [3.05, 3.63) is 45.8 Å². The van der Waals surface area contributed by atoms with Crippen molar-refractivity contribution in [2.75, 3.05) is 6.54 Å². The third kappa shape index (κ3) is 3.91. The van der Waals surface area contributed by atoms with E-state index in [-0.39, 0.29) is 17.0 Å². The zero-order chi connectivity index (χ0) is 18.9. The van der Waals surface area contributed by atoms with Crippen molar-refractivity contribution < 1.29 is 18.3 Å². The standard InChI is InChI=1S/C17H23N3O4S/c1-10-8-14(17(21)22)9-16(11(10)2)25(23,24)18-7-6-15-12(3)19-20(5)13(15)4/h8-9,18H,6-7H2,1-5H3,(H,21,22). The van der Waals surface area contributed by atoms with Gasteiger partial charge < -0.3 is 5.11 Å². The monoisotopic (exact) mass is 365 g/mol. The zero-order valence-electron chi connectivity index (χ0n) is 15.0. The van der Waals surface area contributed by atoms with Crippen molar-refractivity contribution in [1.82, 2.24) is 14.5 Å². The molecule has 0 aliphatic rings. The lowest BCUT2D eigenvalue weighted by Gasteiger charge is -2.12. The van der Waals surface area contributed by atoms with E-state index in [0.29, 0.717) is 17.5 Å². The number of carboxylic acids is 1. The van der Waals surface area contributed by atoms with Gasteiger partial charge in [-0.05, 0) is 62.9 Å². The lowest BCUT2D eigenvalue weighted by atomic mass is 10.1. The molecule has 0 amide bonds. The smallest absolute Gasteiger partial charge is 0.335 e. The number of carbonyl (C=O) groups is 1. The molecule has 0 atom stereocenters. The molecule has 0 bridgehead atoms. The minimum absolute atomic E-state index is 0.00419. The Labute approximate surface area is 147 Å². The topological polar surface area (TPSA) is 101 Å². The third-order valence-electron chi connectivity index (χ3n) is 4.48. The van der Waals surface area contributed by atoms with Crippen LogP contribution in [0, 0.1) is 27.7 Å². The average Bonchev–Trinajstić information content (AvgIpc) is 2.75. The van der Waals surface area contributed by atoms with Gasteiger partial charge >= 0.3 is 5.97 Å². The van der Waals surface area contributed by atoms with Crippen molar-refractivity contribution in [2.24, 2.45) is 7.05 Å². The Hall–Kier alpha value is -2.19. The van der Waals surface area contributed by atoms with Gasteiger partial charge in [0.05, 0.1) is 16.2 Å². The number of rotatable bonds is 6. The van der Waals surface area contributed by atoms with Crippen LogP contribution in [0.3, 0.4) is 0 Å². The van der Waals surface area contributed by atoms with E-state index < -0.39 is 16.0 Å². The predicted molar refractivity (Wildman–Crippen MR) is 94.4 cm³/mol. The number of sulfonamides is 1. The average molecular weight is 365 g/mol. The van der Waals surface area contributed by atoms with Gasteiger partial charge in [-0.2, -0.15) is 5.10 Å². The fraction of sp³-hybridized carbons (Fsp3) is 0.412. The highest BCUT2D eigenvalue weighted by molar-refractivity contribution is 7.89. The Kier molecular flexibility index (Phi) is 5.34. The quantitative estimate of drug-likeness (QED) is 0.814. The first kappa shape index (κ1) is 19.1. The van der Waals surface area contributed by atoms with E-state index in [0.717, 1.165) is 17.0 Å². The number of aromatic nitrogens is 2. The molecule has 2 N–H and O–H groups in total. The molecule has 136 valence electrons. The first-order chi connectivity index (χ1) is 11.5. The summed E-state index contributed by atoms with van der Waals surface area (Å²) in [5.74, 6) is -1.15. The molecular weight excluding hydrogens is 342 g/mol. The van der Waals surface area contributed by atoms with E-state index >= 15 is 0 Å². The largest absolute Gasteiger partial charge is 0.478 e. The van der Waals surface area contributed by atoms with Crippen LogP contribution in [0.25, 0.3) is 0 Å². The third-order valence-corrected chi connectivity index (χ3v) is 6.07. The number of aryl methyl sites for hydroxylation is 3. The molecule has 0 radical (unpaired) electrons. The lowest BCUT2D eigenvalue weighted by molar-refractivity contribution is 0.0696. The molecule has 0 fully saturated rings. The minimum atomic E-state index is -3.80. The Morgan fingerprint density at radius 3 is 2.40 bits per heavy atom. The van der Waals surface area contributed by atoms with Crippen LogP contribution >= 0.6 is 0 Å². The van der Waals surface area contributed by atoms with Crippen molar-refractivity contribution >= 4 is 16.0 Å². The van der Waals surface area contributed by atoms with Crippen molar-refractivity contribution in [1.29, 1.82) is 0 Å². The van der Waals surface area contributed by atoms with Crippen LogP contribution in [-0.2, 0) is 23.5 Å². The zero-order valence-corrected chi connectivity index (χ0v) is 15.9. The summed E-state index contributed by atoms with van der Waals surface area (Å²) in [5, 5.41) is 13.5. The highest BCUT2D eigenvalue weighted by Crippen LogP contribution is 2.21. The number of aromatic carboxylic acids is 1. The highest BCUT2D eigenvalue weighted by atomic mass is 32.2. The molecule has 0 saturated heterocycles. The van der Waals surface area contributed by atoms with Gasteiger partial charge in [0.2, 0.25) is 10.0 Å². The lowest BCUT2D eigenvalue weighted by Crippen LogP contribution is -2.27. The van der Waals surface area contributed by atoms with Gasteiger partial charge in [-0.25, -0.2) is 17.9 Å². The van der Waals surface area contributed by atoms with Crippen molar-refractivity contribution in [3.8, 4) is 0 Å². The Morgan fingerprint density at radius 2 is 1.88 bits per heavy atom. The molecule has 1 aromatic heterocycles. The van der Waals surface area contributed by atoms with Gasteiger partial charge in [-0.15, -0.1) is 0 Å². The molecule has 0 spiro atoms. The summed E-state index contributed by atoms with van der Waals surface area (Å²) in [6.07, 6.45) is 0.515. The summed E-state index contributed by atoms with van der Waals surface area (Å²) in [5.41, 5.74) is 4.01. The van der Waals surface area contributed by atoms with Crippen LogP contribution in [0.1, 0.15) is 38.4 Å². The van der Waals surface area contributed by atoms with E-state index in [1.807, 2.05) is 20.9 Å². The number of carboxylic acid groups (broad SMARTS) is 1. The van der Waals surface area contributed by atoms with Gasteiger partial charge in [0.25, 0.3) is 0 Å². The van der Waals surface area contributed by atoms with Gasteiger partial charge in [-0.1, -0.05) is 0 Å². The van der Waals surface area contributed by atoms with E-state index in [9.17, 15) is 13.2 Å². The maximum absolute atomic E-state index is 12.6. The number of benzene rings is 1. The molecule has 2 aromatic rings. The molecule has 8 heteroatoms. The number of hydrogen-bond acceptors (Lipinski definition) is 4. The van der Waals surface area contributed by atoms with Crippen LogP contribution in [0.4, 0.5) is 0 Å². The van der Waals surface area contributed by atoms with E-state index in [4.69, 9.17) is 5.11 Å². The molecule has 0 aliphatic heterocycles. The van der Waals surface area contributed by atoms with E-state index in [1.54, 1.807) is 18.5 Å². The van der Waals surface area contributed by atoms with E-state index in [1.165, 1.54) is 12.1 Å². The normalized spacial score (nSPS) is 11.7. The second-order valence-electron chi connectivity index (χ2n) is 6.14. The Bertz CT molecular complexity index is 930. The SMILES string of the molecule is Cc1cc(C(=O)O)cc(S(=O)(=O)NCCc2c(C)nn(C)c2C)c1C. The predicted octanol–water partition coefficient (Wildman–Crippen LogP) is 1.87. The fourth-order valence-corrected chi connectivity index (χ4v) is 4.17. The van der Waals surface area contributed by atoms with Crippen LogP contribution in [0.15, 0.2) is 17.0 Å². The molecule has 0 saturated carbocycles. The summed E-state index contributed by atoms with van der Waals surface area (Å²) >= 11 is 0. The Balaban J connectivity index is 2.24. The second-order valence-corrected chi connectivity index (χ2v) is 7.88. The molecule has 0 unspecified atom stereocenters. The van der Waals surface area contributed by atoms with Crippen LogP contribution < -0.4 is 4.72 Å². The second kappa shape index (κ2) is 6.97. The van der Waals surface area contributed by atoms with Gasteiger partial charge in [-0.3, -0.25) is 4.68 Å². The molecule has 2 rings (SSSR count). The Morgan fingerprint density at radius 1 is 1.24 bits per heavy atom. The van der Waals surface area contributed by atoms with Crippen molar-refractivity contribution in [2.45, 2.75) is 39.0 Å². The molecular formula is C17H23N3O4S. The summed E-state index contributed by atoms with van der Waals surface area (Å²) in [6.45, 7) is 7.41. The summed E-state index contributed by atoms with van der Waals surface area (Å²) in [4.78, 5) is 11.2.